The van der Waals surface area contributed by atoms with Crippen LogP contribution in [0.5, 0.6) is 5.75 Å². The number of benzene rings is 2. The van der Waals surface area contributed by atoms with Crippen molar-refractivity contribution in [3.8, 4) is 5.75 Å². The summed E-state index contributed by atoms with van der Waals surface area (Å²) in [6, 6.07) is 15.2. The van der Waals surface area contributed by atoms with Crippen molar-refractivity contribution in [3.63, 3.8) is 0 Å². The molecule has 0 saturated heterocycles. The molecule has 2 aromatic rings. The predicted molar refractivity (Wildman–Crippen MR) is 104 cm³/mol. The lowest BCUT2D eigenvalue weighted by Gasteiger charge is -2.14. The molecule has 6 heteroatoms. The Labute approximate surface area is 159 Å². The number of hydrogen-bond acceptors (Lipinski definition) is 5. The summed E-state index contributed by atoms with van der Waals surface area (Å²) in [5, 5.41) is 12.7. The number of thiol groups is 1. The number of hydrogen-bond donors (Lipinski definition) is 2. The summed E-state index contributed by atoms with van der Waals surface area (Å²) >= 11 is 4.32. The standard InChI is InChI=1S/C20H25NO4S/c1-2-24-19(14-26)13-16-5-9-18(10-6-16)25-12-11-15-3-7-17(8-4-15)21-20(22)23/h3-10,19,21,26H,2,11-14H2,1H3,(H,22,23)/p-1. The van der Waals surface area contributed by atoms with Crippen LogP contribution in [-0.4, -0.2) is 31.2 Å². The molecule has 26 heavy (non-hydrogen) atoms. The lowest BCUT2D eigenvalue weighted by molar-refractivity contribution is -0.242. The quantitative estimate of drug-likeness (QED) is 0.627. The van der Waals surface area contributed by atoms with Crippen LogP contribution in [0.25, 0.3) is 0 Å². The second kappa shape index (κ2) is 10.7. The van der Waals surface area contributed by atoms with Gasteiger partial charge in [0.15, 0.2) is 0 Å². The zero-order valence-corrected chi connectivity index (χ0v) is 15.7. The first-order chi connectivity index (χ1) is 12.6. The molecule has 140 valence electrons. The SMILES string of the molecule is CCOC(CS)Cc1ccc(OCCc2ccc(NC(=O)[O-])cc2)cc1. The molecule has 5 nitrogen and oxygen atoms in total. The first kappa shape index (κ1) is 20.1. The Kier molecular flexibility index (Phi) is 8.31. The van der Waals surface area contributed by atoms with Crippen LogP contribution in [0.2, 0.25) is 0 Å². The molecule has 0 fully saturated rings. The minimum atomic E-state index is -1.31. The first-order valence-electron chi connectivity index (χ1n) is 8.62. The number of ether oxygens (including phenoxy) is 2. The van der Waals surface area contributed by atoms with Gasteiger partial charge in [-0.3, -0.25) is 0 Å². The Morgan fingerprint density at radius 3 is 2.35 bits per heavy atom. The van der Waals surface area contributed by atoms with Gasteiger partial charge in [-0.15, -0.1) is 0 Å². The van der Waals surface area contributed by atoms with E-state index in [1.165, 1.54) is 5.56 Å². The molecule has 0 aromatic heterocycles. The summed E-state index contributed by atoms with van der Waals surface area (Å²) in [5.41, 5.74) is 2.76. The van der Waals surface area contributed by atoms with Gasteiger partial charge in [0, 0.05) is 24.5 Å². The third kappa shape index (κ3) is 6.98. The highest BCUT2D eigenvalue weighted by Gasteiger charge is 2.07. The molecular weight excluding hydrogens is 350 g/mol. The van der Waals surface area contributed by atoms with Gasteiger partial charge in [0.1, 0.15) is 11.8 Å². The largest absolute Gasteiger partial charge is 0.530 e. The van der Waals surface area contributed by atoms with E-state index in [2.05, 4.69) is 17.9 Å². The molecule has 2 rings (SSSR count). The van der Waals surface area contributed by atoms with Gasteiger partial charge in [-0.05, 0) is 48.7 Å². The van der Waals surface area contributed by atoms with Gasteiger partial charge in [0.25, 0.3) is 0 Å². The first-order valence-corrected chi connectivity index (χ1v) is 9.25. The van der Waals surface area contributed by atoms with Gasteiger partial charge in [-0.2, -0.15) is 12.6 Å². The van der Waals surface area contributed by atoms with Crippen LogP contribution in [0.4, 0.5) is 10.5 Å². The van der Waals surface area contributed by atoms with Crippen LogP contribution in [0, 0.1) is 0 Å². The molecule has 1 amide bonds. The molecule has 0 aliphatic heterocycles. The summed E-state index contributed by atoms with van der Waals surface area (Å²) in [6.07, 6.45) is 0.388. The van der Waals surface area contributed by atoms with Crippen molar-refractivity contribution in [2.45, 2.75) is 25.9 Å². The fourth-order valence-electron chi connectivity index (χ4n) is 2.56. The number of carbonyl (C=O) groups excluding carboxylic acids is 1. The summed E-state index contributed by atoms with van der Waals surface area (Å²) < 4.78 is 11.4. The molecule has 0 radical (unpaired) electrons. The minimum absolute atomic E-state index is 0.129. The average Bonchev–Trinajstić information content (AvgIpc) is 2.64. The molecule has 2 aromatic carbocycles. The average molecular weight is 374 g/mol. The Bertz CT molecular complexity index is 673. The molecule has 0 aliphatic carbocycles. The summed E-state index contributed by atoms with van der Waals surface area (Å²) in [4.78, 5) is 10.5. The van der Waals surface area contributed by atoms with Gasteiger partial charge in [-0.25, -0.2) is 0 Å². The molecule has 1 unspecified atom stereocenters. The van der Waals surface area contributed by atoms with Gasteiger partial charge in [-0.1, -0.05) is 24.3 Å². The molecule has 0 aliphatic rings. The van der Waals surface area contributed by atoms with E-state index in [4.69, 9.17) is 9.47 Å². The van der Waals surface area contributed by atoms with Gasteiger partial charge >= 0.3 is 0 Å². The smallest absolute Gasteiger partial charge is 0.138 e. The van der Waals surface area contributed by atoms with Gasteiger partial charge in [0.05, 0.1) is 12.7 Å². The number of nitrogens with one attached hydrogen (secondary N) is 1. The molecule has 0 heterocycles. The predicted octanol–water partition coefficient (Wildman–Crippen LogP) is 2.94. The maximum atomic E-state index is 10.5. The van der Waals surface area contributed by atoms with Gasteiger partial charge < -0.3 is 24.7 Å². The van der Waals surface area contributed by atoms with Crippen LogP contribution >= 0.6 is 12.6 Å². The van der Waals surface area contributed by atoms with Crippen LogP contribution in [0.1, 0.15) is 18.1 Å². The third-order valence-electron chi connectivity index (χ3n) is 3.85. The van der Waals surface area contributed by atoms with Crippen LogP contribution in [-0.2, 0) is 17.6 Å². The Morgan fingerprint density at radius 2 is 1.77 bits per heavy atom. The van der Waals surface area contributed by atoms with Crippen molar-refractivity contribution in [3.05, 3.63) is 59.7 Å². The van der Waals surface area contributed by atoms with Crippen molar-refractivity contribution in [1.29, 1.82) is 0 Å². The monoisotopic (exact) mass is 374 g/mol. The molecule has 1 N–H and O–H groups in total. The number of rotatable bonds is 10. The molecule has 1 atom stereocenters. The number of carboxylic acid groups (broad SMARTS) is 1. The highest BCUT2D eigenvalue weighted by atomic mass is 32.1. The number of amides is 1. The van der Waals surface area contributed by atoms with E-state index >= 15 is 0 Å². The van der Waals surface area contributed by atoms with Crippen molar-refractivity contribution >= 4 is 24.4 Å². The van der Waals surface area contributed by atoms with Crippen LogP contribution < -0.4 is 15.2 Å². The Hall–Kier alpha value is -2.18. The maximum absolute atomic E-state index is 10.5. The molecule has 0 saturated carbocycles. The van der Waals surface area contributed by atoms with E-state index in [9.17, 15) is 9.90 Å². The van der Waals surface area contributed by atoms with Gasteiger partial charge in [0.2, 0.25) is 0 Å². The van der Waals surface area contributed by atoms with Crippen molar-refractivity contribution in [2.75, 3.05) is 24.3 Å². The van der Waals surface area contributed by atoms with E-state index in [0.717, 1.165) is 24.2 Å². The van der Waals surface area contributed by atoms with E-state index in [0.29, 0.717) is 24.7 Å². The lowest BCUT2D eigenvalue weighted by Crippen LogP contribution is -2.28. The molecular formula is C20H24NO4S-. The van der Waals surface area contributed by atoms with Crippen LogP contribution in [0.15, 0.2) is 48.5 Å². The maximum Gasteiger partial charge on any atom is 0.138 e. The summed E-state index contributed by atoms with van der Waals surface area (Å²) in [6.45, 7) is 3.22. The van der Waals surface area contributed by atoms with Crippen molar-refractivity contribution in [1.82, 2.24) is 0 Å². The fourth-order valence-corrected chi connectivity index (χ4v) is 2.79. The third-order valence-corrected chi connectivity index (χ3v) is 4.26. The fraction of sp³-hybridized carbons (Fsp3) is 0.350. The summed E-state index contributed by atoms with van der Waals surface area (Å²) in [5.74, 6) is 1.52. The number of carbonyl (C=O) groups is 1. The zero-order valence-electron chi connectivity index (χ0n) is 14.8. The normalized spacial score (nSPS) is 11.8. The van der Waals surface area contributed by atoms with E-state index < -0.39 is 6.09 Å². The highest BCUT2D eigenvalue weighted by molar-refractivity contribution is 7.80. The van der Waals surface area contributed by atoms with E-state index in [1.54, 1.807) is 12.1 Å². The minimum Gasteiger partial charge on any atom is -0.530 e. The zero-order chi connectivity index (χ0) is 18.8. The molecule has 0 bridgehead atoms. The van der Waals surface area contributed by atoms with Crippen molar-refractivity contribution in [2.24, 2.45) is 0 Å². The lowest BCUT2D eigenvalue weighted by atomic mass is 10.1. The van der Waals surface area contributed by atoms with E-state index in [1.807, 2.05) is 43.3 Å². The topological polar surface area (TPSA) is 70.6 Å². The van der Waals surface area contributed by atoms with Crippen LogP contribution in [0.3, 0.4) is 0 Å². The molecule has 0 spiro atoms. The Balaban J connectivity index is 1.78. The van der Waals surface area contributed by atoms with Crippen molar-refractivity contribution < 1.29 is 19.4 Å². The number of anilines is 1. The summed E-state index contributed by atoms with van der Waals surface area (Å²) in [7, 11) is 0. The second-order valence-corrected chi connectivity index (χ2v) is 6.18. The van der Waals surface area contributed by atoms with E-state index in [-0.39, 0.29) is 6.10 Å². The second-order valence-electron chi connectivity index (χ2n) is 5.82. The highest BCUT2D eigenvalue weighted by Crippen LogP contribution is 2.16. The Morgan fingerprint density at radius 1 is 1.12 bits per heavy atom.